The Labute approximate surface area is 97.6 Å². The average Bonchev–Trinajstić information content (AvgIpc) is 2.29. The highest BCUT2D eigenvalue weighted by Crippen LogP contribution is 2.19. The second-order valence-corrected chi connectivity index (χ2v) is 3.78. The largest absolute Gasteiger partial charge is 0.491 e. The quantitative estimate of drug-likeness (QED) is 0.721. The molecule has 0 unspecified atom stereocenters. The summed E-state index contributed by atoms with van der Waals surface area (Å²) in [6, 6.07) is 6.07. The maximum atomic E-state index is 5.65. The van der Waals surface area contributed by atoms with E-state index < -0.39 is 0 Å². The Morgan fingerprint density at radius 1 is 1.19 bits per heavy atom. The van der Waals surface area contributed by atoms with Gasteiger partial charge in [0.15, 0.2) is 0 Å². The first kappa shape index (κ1) is 13.0. The van der Waals surface area contributed by atoms with Gasteiger partial charge < -0.3 is 15.2 Å². The van der Waals surface area contributed by atoms with Crippen LogP contribution in [0.3, 0.4) is 0 Å². The molecule has 0 amide bonds. The molecular formula is C13H21NO2. The summed E-state index contributed by atoms with van der Waals surface area (Å²) in [5.74, 6) is 0.877. The summed E-state index contributed by atoms with van der Waals surface area (Å²) < 4.78 is 11.0. The molecule has 0 radical (unpaired) electrons. The first-order valence-corrected chi connectivity index (χ1v) is 5.78. The van der Waals surface area contributed by atoms with Gasteiger partial charge in [0.25, 0.3) is 0 Å². The van der Waals surface area contributed by atoms with Gasteiger partial charge in [-0.1, -0.05) is 19.1 Å². The minimum atomic E-state index is 0.505. The summed E-state index contributed by atoms with van der Waals surface area (Å²) >= 11 is 0. The molecule has 0 aliphatic carbocycles. The summed E-state index contributed by atoms with van der Waals surface area (Å²) in [5.41, 5.74) is 7.87. The fourth-order valence-corrected chi connectivity index (χ4v) is 1.42. The minimum Gasteiger partial charge on any atom is -0.491 e. The van der Waals surface area contributed by atoms with Gasteiger partial charge in [0, 0.05) is 18.7 Å². The molecule has 0 spiro atoms. The molecule has 1 aromatic rings. The van der Waals surface area contributed by atoms with Crippen molar-refractivity contribution in [1.29, 1.82) is 0 Å². The van der Waals surface area contributed by atoms with Crippen molar-refractivity contribution in [3.8, 4) is 5.75 Å². The van der Waals surface area contributed by atoms with E-state index in [1.807, 2.05) is 25.1 Å². The van der Waals surface area contributed by atoms with Crippen LogP contribution in [0.1, 0.15) is 24.5 Å². The standard InChI is InChI=1S/C13H21NO2/c1-3-6-15-7-8-16-13-9-11(2)4-5-12(13)10-14/h4-5,9H,3,6-8,10,14H2,1-2H3. The van der Waals surface area contributed by atoms with Gasteiger partial charge >= 0.3 is 0 Å². The van der Waals surface area contributed by atoms with Crippen molar-refractivity contribution in [2.45, 2.75) is 26.8 Å². The van der Waals surface area contributed by atoms with Gasteiger partial charge in [0.05, 0.1) is 6.61 Å². The normalized spacial score (nSPS) is 10.4. The topological polar surface area (TPSA) is 44.5 Å². The molecule has 0 heterocycles. The number of ether oxygens (including phenoxy) is 2. The average molecular weight is 223 g/mol. The van der Waals surface area contributed by atoms with Gasteiger partial charge in [0.1, 0.15) is 12.4 Å². The lowest BCUT2D eigenvalue weighted by atomic mass is 10.1. The van der Waals surface area contributed by atoms with E-state index in [-0.39, 0.29) is 0 Å². The van der Waals surface area contributed by atoms with Crippen LogP contribution in [-0.2, 0) is 11.3 Å². The molecule has 3 nitrogen and oxygen atoms in total. The van der Waals surface area contributed by atoms with Crippen LogP contribution in [0.25, 0.3) is 0 Å². The third-order valence-corrected chi connectivity index (χ3v) is 2.28. The summed E-state index contributed by atoms with van der Waals surface area (Å²) in [5, 5.41) is 0. The van der Waals surface area contributed by atoms with E-state index >= 15 is 0 Å². The molecular weight excluding hydrogens is 202 g/mol. The van der Waals surface area contributed by atoms with Gasteiger partial charge in [0.2, 0.25) is 0 Å². The van der Waals surface area contributed by atoms with E-state index in [1.165, 1.54) is 5.56 Å². The van der Waals surface area contributed by atoms with Crippen LogP contribution in [0.5, 0.6) is 5.75 Å². The molecule has 1 aromatic carbocycles. The number of nitrogens with two attached hydrogens (primary N) is 1. The summed E-state index contributed by atoms with van der Waals surface area (Å²) in [7, 11) is 0. The molecule has 90 valence electrons. The Hall–Kier alpha value is -1.06. The fraction of sp³-hybridized carbons (Fsp3) is 0.538. The van der Waals surface area contributed by atoms with Gasteiger partial charge in [-0.25, -0.2) is 0 Å². The maximum absolute atomic E-state index is 5.65. The van der Waals surface area contributed by atoms with Crippen molar-refractivity contribution in [3.05, 3.63) is 29.3 Å². The Morgan fingerprint density at radius 2 is 2.00 bits per heavy atom. The zero-order valence-electron chi connectivity index (χ0n) is 10.2. The van der Waals surface area contributed by atoms with Crippen LogP contribution in [0, 0.1) is 6.92 Å². The molecule has 16 heavy (non-hydrogen) atoms. The lowest BCUT2D eigenvalue weighted by Crippen LogP contribution is -2.09. The Kier molecular flexibility index (Phi) is 5.90. The lowest BCUT2D eigenvalue weighted by Gasteiger charge is -2.11. The predicted molar refractivity (Wildman–Crippen MR) is 65.7 cm³/mol. The third kappa shape index (κ3) is 4.21. The first-order valence-electron chi connectivity index (χ1n) is 5.78. The van der Waals surface area contributed by atoms with E-state index in [0.717, 1.165) is 24.3 Å². The zero-order valence-corrected chi connectivity index (χ0v) is 10.2. The van der Waals surface area contributed by atoms with Gasteiger partial charge in [-0.05, 0) is 25.0 Å². The second-order valence-electron chi connectivity index (χ2n) is 3.78. The van der Waals surface area contributed by atoms with Crippen LogP contribution in [0.15, 0.2) is 18.2 Å². The lowest BCUT2D eigenvalue weighted by molar-refractivity contribution is 0.100. The molecule has 0 saturated heterocycles. The van der Waals surface area contributed by atoms with Crippen molar-refractivity contribution >= 4 is 0 Å². The SMILES string of the molecule is CCCOCCOc1cc(C)ccc1CN. The number of rotatable bonds is 7. The minimum absolute atomic E-state index is 0.505. The number of hydrogen-bond donors (Lipinski definition) is 1. The van der Waals surface area contributed by atoms with Crippen molar-refractivity contribution in [1.82, 2.24) is 0 Å². The first-order chi connectivity index (χ1) is 7.77. The molecule has 0 bridgehead atoms. The molecule has 1 rings (SSSR count). The van der Waals surface area contributed by atoms with Crippen LogP contribution in [0.4, 0.5) is 0 Å². The van der Waals surface area contributed by atoms with Crippen molar-refractivity contribution < 1.29 is 9.47 Å². The molecule has 3 heteroatoms. The fourth-order valence-electron chi connectivity index (χ4n) is 1.42. The highest BCUT2D eigenvalue weighted by Gasteiger charge is 2.02. The molecule has 0 aromatic heterocycles. The Balaban J connectivity index is 2.42. The predicted octanol–water partition coefficient (Wildman–Crippen LogP) is 2.26. The second kappa shape index (κ2) is 7.25. The highest BCUT2D eigenvalue weighted by atomic mass is 16.5. The zero-order chi connectivity index (χ0) is 11.8. The smallest absolute Gasteiger partial charge is 0.124 e. The monoisotopic (exact) mass is 223 g/mol. The Bertz CT molecular complexity index is 313. The van der Waals surface area contributed by atoms with E-state index in [1.54, 1.807) is 0 Å². The maximum Gasteiger partial charge on any atom is 0.124 e. The van der Waals surface area contributed by atoms with Gasteiger partial charge in [-0.3, -0.25) is 0 Å². The van der Waals surface area contributed by atoms with Gasteiger partial charge in [-0.2, -0.15) is 0 Å². The molecule has 0 atom stereocenters. The van der Waals surface area contributed by atoms with Crippen LogP contribution >= 0.6 is 0 Å². The van der Waals surface area contributed by atoms with E-state index in [4.69, 9.17) is 15.2 Å². The summed E-state index contributed by atoms with van der Waals surface area (Å²) in [6.07, 6.45) is 1.04. The molecule has 0 aliphatic rings. The highest BCUT2D eigenvalue weighted by molar-refractivity contribution is 5.36. The number of benzene rings is 1. The van der Waals surface area contributed by atoms with Crippen LogP contribution in [0.2, 0.25) is 0 Å². The third-order valence-electron chi connectivity index (χ3n) is 2.28. The molecule has 0 aliphatic heterocycles. The van der Waals surface area contributed by atoms with Crippen molar-refractivity contribution in [2.24, 2.45) is 5.73 Å². The number of aryl methyl sites for hydroxylation is 1. The summed E-state index contributed by atoms with van der Waals surface area (Å²) in [6.45, 7) is 6.64. The van der Waals surface area contributed by atoms with Crippen LogP contribution in [-0.4, -0.2) is 19.8 Å². The summed E-state index contributed by atoms with van der Waals surface area (Å²) in [4.78, 5) is 0. The molecule has 0 fully saturated rings. The Morgan fingerprint density at radius 3 is 2.69 bits per heavy atom. The van der Waals surface area contributed by atoms with Gasteiger partial charge in [-0.15, -0.1) is 0 Å². The molecule has 2 N–H and O–H groups in total. The van der Waals surface area contributed by atoms with Crippen molar-refractivity contribution in [2.75, 3.05) is 19.8 Å². The van der Waals surface area contributed by atoms with Crippen LogP contribution < -0.4 is 10.5 Å². The molecule has 0 saturated carbocycles. The van der Waals surface area contributed by atoms with E-state index in [0.29, 0.717) is 19.8 Å². The number of hydrogen-bond acceptors (Lipinski definition) is 3. The van der Waals surface area contributed by atoms with Crippen molar-refractivity contribution in [3.63, 3.8) is 0 Å². The van der Waals surface area contributed by atoms with E-state index in [2.05, 4.69) is 6.92 Å². The van der Waals surface area contributed by atoms with E-state index in [9.17, 15) is 0 Å².